The Balaban J connectivity index is 1.36. The highest BCUT2D eigenvalue weighted by molar-refractivity contribution is 6.14. The molecule has 7 heteroatoms. The number of alkyl halides is 2. The predicted octanol–water partition coefficient (Wildman–Crippen LogP) is 4.68. The first-order valence-electron chi connectivity index (χ1n) is 9.80. The maximum absolute atomic E-state index is 13.3. The largest absolute Gasteiger partial charge is 0.337 e. The summed E-state index contributed by atoms with van der Waals surface area (Å²) in [6, 6.07) is 13.5. The first kappa shape index (κ1) is 18.0. The number of nitrogens with one attached hydrogen (secondary N) is 2. The lowest BCUT2D eigenvalue weighted by Gasteiger charge is -2.27. The van der Waals surface area contributed by atoms with Gasteiger partial charge >= 0.3 is 0 Å². The van der Waals surface area contributed by atoms with Gasteiger partial charge in [-0.3, -0.25) is 9.79 Å². The number of hydrogen-bond donors (Lipinski definition) is 2. The molecule has 5 rings (SSSR count). The Hall–Kier alpha value is -3.09. The van der Waals surface area contributed by atoms with Crippen molar-refractivity contribution < 1.29 is 13.6 Å². The van der Waals surface area contributed by atoms with E-state index in [0.717, 1.165) is 27.9 Å². The molecule has 1 amide bonds. The van der Waals surface area contributed by atoms with E-state index in [0.29, 0.717) is 18.1 Å². The number of para-hydroxylation sites is 2. The zero-order chi connectivity index (χ0) is 20.0. The van der Waals surface area contributed by atoms with Crippen LogP contribution in [-0.2, 0) is 11.3 Å². The van der Waals surface area contributed by atoms with Gasteiger partial charge < -0.3 is 10.3 Å². The number of fused-ring (bicyclic) bond motifs is 2. The number of nitrogens with zero attached hydrogens (tertiary/aromatic N) is 2. The fraction of sp³-hybridized carbons (Fsp3) is 0.318. The van der Waals surface area contributed by atoms with Crippen molar-refractivity contribution in [1.29, 1.82) is 0 Å². The first-order valence-corrected chi connectivity index (χ1v) is 9.80. The van der Waals surface area contributed by atoms with Crippen molar-refractivity contribution in [2.45, 2.75) is 38.2 Å². The quantitative estimate of drug-likeness (QED) is 0.677. The van der Waals surface area contributed by atoms with Gasteiger partial charge in [-0.1, -0.05) is 18.2 Å². The van der Waals surface area contributed by atoms with E-state index in [2.05, 4.69) is 20.3 Å². The number of halogens is 2. The van der Waals surface area contributed by atoms with Crippen molar-refractivity contribution in [1.82, 2.24) is 9.97 Å². The van der Waals surface area contributed by atoms with Gasteiger partial charge in [-0.25, -0.2) is 13.8 Å². The molecule has 1 aromatic heterocycles. The molecule has 2 aromatic carbocycles. The summed E-state index contributed by atoms with van der Waals surface area (Å²) in [5.41, 5.74) is 5.23. The average molecular weight is 394 g/mol. The van der Waals surface area contributed by atoms with Gasteiger partial charge in [0.15, 0.2) is 5.82 Å². The van der Waals surface area contributed by atoms with Gasteiger partial charge in [0.2, 0.25) is 11.8 Å². The molecule has 1 saturated carbocycles. The molecule has 1 fully saturated rings. The summed E-state index contributed by atoms with van der Waals surface area (Å²) in [4.78, 5) is 25.1. The van der Waals surface area contributed by atoms with Crippen LogP contribution in [0.2, 0.25) is 0 Å². The second kappa shape index (κ2) is 6.76. The maximum atomic E-state index is 13.3. The van der Waals surface area contributed by atoms with Crippen LogP contribution in [0.4, 0.5) is 14.5 Å². The lowest BCUT2D eigenvalue weighted by Crippen LogP contribution is -2.31. The molecule has 0 spiro atoms. The van der Waals surface area contributed by atoms with Crippen LogP contribution in [-0.4, -0.2) is 27.5 Å². The third-order valence-corrected chi connectivity index (χ3v) is 5.74. The number of carbonyl (C=O) groups excluding carboxylic acids is 1. The molecule has 2 aliphatic rings. The third kappa shape index (κ3) is 3.41. The molecule has 1 aliphatic carbocycles. The number of aliphatic imine (C=N–C) groups is 1. The standard InChI is InChI=1S/C22H20F2N4O/c23-22(24)9-7-13(8-10-22)21(29)26-15-6-5-14-12-25-19(16(14)11-15)20-27-17-3-1-2-4-18(17)28-20/h1-6,11,13H,7-10,12H2,(H,26,29)(H,27,28). The van der Waals surface area contributed by atoms with Crippen molar-refractivity contribution in [2.24, 2.45) is 10.9 Å². The van der Waals surface area contributed by atoms with E-state index in [1.54, 1.807) is 0 Å². The lowest BCUT2D eigenvalue weighted by molar-refractivity contribution is -0.124. The number of aromatic nitrogens is 2. The van der Waals surface area contributed by atoms with Crippen molar-refractivity contribution in [3.05, 3.63) is 59.4 Å². The summed E-state index contributed by atoms with van der Waals surface area (Å²) in [6.45, 7) is 0.563. The molecule has 0 saturated heterocycles. The maximum Gasteiger partial charge on any atom is 0.248 e. The number of H-pyrrole nitrogens is 1. The van der Waals surface area contributed by atoms with E-state index in [4.69, 9.17) is 0 Å². The van der Waals surface area contributed by atoms with Crippen LogP contribution in [0, 0.1) is 5.92 Å². The van der Waals surface area contributed by atoms with Gasteiger partial charge in [-0.2, -0.15) is 0 Å². The Morgan fingerprint density at radius 3 is 2.72 bits per heavy atom. The van der Waals surface area contributed by atoms with Crippen LogP contribution in [0.1, 0.15) is 42.6 Å². The third-order valence-electron chi connectivity index (χ3n) is 5.74. The zero-order valence-electron chi connectivity index (χ0n) is 15.7. The molecule has 3 aromatic rings. The molecule has 148 valence electrons. The van der Waals surface area contributed by atoms with E-state index in [9.17, 15) is 13.6 Å². The predicted molar refractivity (Wildman–Crippen MR) is 107 cm³/mol. The number of hydrogen-bond acceptors (Lipinski definition) is 3. The van der Waals surface area contributed by atoms with Crippen LogP contribution in [0.25, 0.3) is 11.0 Å². The molecule has 0 bridgehead atoms. The Bertz CT molecular complexity index is 1090. The average Bonchev–Trinajstić information content (AvgIpc) is 3.31. The molecular formula is C22H20F2N4O. The van der Waals surface area contributed by atoms with E-state index >= 15 is 0 Å². The highest BCUT2D eigenvalue weighted by Gasteiger charge is 2.37. The summed E-state index contributed by atoms with van der Waals surface area (Å²) in [5, 5.41) is 2.90. The van der Waals surface area contributed by atoms with E-state index in [1.165, 1.54) is 0 Å². The molecule has 0 radical (unpaired) electrons. The zero-order valence-corrected chi connectivity index (χ0v) is 15.7. The first-order chi connectivity index (χ1) is 14.0. The molecule has 0 atom stereocenters. The number of imidazole rings is 1. The summed E-state index contributed by atoms with van der Waals surface area (Å²) in [7, 11) is 0. The van der Waals surface area contributed by atoms with Crippen LogP contribution in [0.15, 0.2) is 47.5 Å². The Morgan fingerprint density at radius 2 is 1.93 bits per heavy atom. The number of aromatic amines is 1. The molecule has 29 heavy (non-hydrogen) atoms. The summed E-state index contributed by atoms with van der Waals surface area (Å²) >= 11 is 0. The van der Waals surface area contributed by atoms with Crippen LogP contribution in [0.5, 0.6) is 0 Å². The fourth-order valence-corrected chi connectivity index (χ4v) is 4.08. The normalized spacial score (nSPS) is 18.5. The van der Waals surface area contributed by atoms with Crippen LogP contribution < -0.4 is 5.32 Å². The molecule has 2 heterocycles. The topological polar surface area (TPSA) is 70.1 Å². The second-order valence-corrected chi connectivity index (χ2v) is 7.76. The van der Waals surface area contributed by atoms with Crippen molar-refractivity contribution in [3.63, 3.8) is 0 Å². The summed E-state index contributed by atoms with van der Waals surface area (Å²) < 4.78 is 26.7. The monoisotopic (exact) mass is 394 g/mol. The smallest absolute Gasteiger partial charge is 0.248 e. The van der Waals surface area contributed by atoms with E-state index < -0.39 is 5.92 Å². The van der Waals surface area contributed by atoms with Gasteiger partial charge in [0.25, 0.3) is 0 Å². The minimum absolute atomic E-state index is 0.194. The lowest BCUT2D eigenvalue weighted by atomic mass is 9.86. The van der Waals surface area contributed by atoms with E-state index in [1.807, 2.05) is 42.5 Å². The molecular weight excluding hydrogens is 374 g/mol. The van der Waals surface area contributed by atoms with Gasteiger partial charge in [0.05, 0.1) is 17.6 Å². The Morgan fingerprint density at radius 1 is 1.14 bits per heavy atom. The van der Waals surface area contributed by atoms with Gasteiger partial charge in [0.1, 0.15) is 5.71 Å². The number of amides is 1. The number of benzene rings is 2. The number of carbonyl (C=O) groups is 1. The van der Waals surface area contributed by atoms with Crippen LogP contribution in [0.3, 0.4) is 0 Å². The highest BCUT2D eigenvalue weighted by Crippen LogP contribution is 2.36. The highest BCUT2D eigenvalue weighted by atomic mass is 19.3. The number of anilines is 1. The minimum atomic E-state index is -2.64. The Labute approximate surface area is 166 Å². The van der Waals surface area contributed by atoms with Crippen LogP contribution >= 0.6 is 0 Å². The van der Waals surface area contributed by atoms with Crippen molar-refractivity contribution in [3.8, 4) is 0 Å². The van der Waals surface area contributed by atoms with Crippen molar-refractivity contribution in [2.75, 3.05) is 5.32 Å². The Kier molecular flexibility index (Phi) is 4.19. The van der Waals surface area contributed by atoms with Crippen molar-refractivity contribution >= 4 is 28.3 Å². The second-order valence-electron chi connectivity index (χ2n) is 7.76. The SMILES string of the molecule is O=C(Nc1ccc2c(c1)C(c1nc3ccccc3[nH]1)=NC2)C1CCC(F)(F)CC1. The minimum Gasteiger partial charge on any atom is -0.337 e. The summed E-state index contributed by atoms with van der Waals surface area (Å²) in [5.74, 6) is -2.50. The molecule has 5 nitrogen and oxygen atoms in total. The fourth-order valence-electron chi connectivity index (χ4n) is 4.08. The van der Waals surface area contributed by atoms with Gasteiger partial charge in [0, 0.05) is 30.0 Å². The van der Waals surface area contributed by atoms with Gasteiger partial charge in [-0.05, 0) is 42.7 Å². The summed E-state index contributed by atoms with van der Waals surface area (Å²) in [6.07, 6.45) is -0.0127. The number of rotatable bonds is 3. The molecule has 0 unspecified atom stereocenters. The molecule has 2 N–H and O–H groups in total. The molecule has 1 aliphatic heterocycles. The van der Waals surface area contributed by atoms with E-state index in [-0.39, 0.29) is 37.5 Å². The van der Waals surface area contributed by atoms with Gasteiger partial charge in [-0.15, -0.1) is 0 Å².